The summed E-state index contributed by atoms with van der Waals surface area (Å²) in [6, 6.07) is 30.8. The summed E-state index contributed by atoms with van der Waals surface area (Å²) in [6.07, 6.45) is 0. The molecule has 0 saturated heterocycles. The Hall–Kier alpha value is -3.23. The van der Waals surface area contributed by atoms with Gasteiger partial charge in [-0.2, -0.15) is 0 Å². The maximum Gasteiger partial charge on any atom is 0.0556 e. The topological polar surface area (TPSA) is 30.9 Å². The van der Waals surface area contributed by atoms with E-state index in [1.54, 1.807) is 0 Å². The van der Waals surface area contributed by atoms with Crippen LogP contribution < -0.4 is 5.73 Å². The predicted molar refractivity (Wildman–Crippen MR) is 116 cm³/mol. The van der Waals surface area contributed by atoms with Crippen molar-refractivity contribution in [3.05, 3.63) is 96.0 Å². The molecule has 0 amide bonds. The van der Waals surface area contributed by atoms with Crippen LogP contribution >= 0.6 is 11.6 Å². The van der Waals surface area contributed by atoms with Crippen LogP contribution in [0.15, 0.2) is 91.0 Å². The fraction of sp³-hybridized carbons (Fsp3) is 0. The molecule has 5 aromatic rings. The summed E-state index contributed by atoms with van der Waals surface area (Å²) >= 11 is 6.63. The zero-order valence-corrected chi connectivity index (χ0v) is 15.3. The molecule has 130 valence electrons. The average Bonchev–Trinajstić information content (AvgIpc) is 3.04. The van der Waals surface area contributed by atoms with Crippen LogP contribution in [-0.2, 0) is 0 Å². The molecule has 27 heavy (non-hydrogen) atoms. The van der Waals surface area contributed by atoms with E-state index in [9.17, 15) is 0 Å². The highest BCUT2D eigenvalue weighted by Crippen LogP contribution is 2.38. The monoisotopic (exact) mass is 368 g/mol. The van der Waals surface area contributed by atoms with Crippen LogP contribution in [0.25, 0.3) is 38.6 Å². The van der Waals surface area contributed by atoms with E-state index in [1.807, 2.05) is 36.4 Å². The first kappa shape index (κ1) is 16.0. The lowest BCUT2D eigenvalue weighted by Gasteiger charge is -2.09. The third-order valence-corrected chi connectivity index (χ3v) is 5.34. The average molecular weight is 369 g/mol. The first-order chi connectivity index (χ1) is 13.2. The van der Waals surface area contributed by atoms with E-state index in [0.29, 0.717) is 0 Å². The minimum atomic E-state index is 0.755. The van der Waals surface area contributed by atoms with E-state index in [0.717, 1.165) is 49.3 Å². The molecule has 1 aromatic heterocycles. The number of nitrogen functional groups attached to an aromatic ring is 1. The summed E-state index contributed by atoms with van der Waals surface area (Å²) in [5, 5.41) is 2.94. The molecule has 0 atom stereocenters. The van der Waals surface area contributed by atoms with Crippen LogP contribution in [0.2, 0.25) is 5.02 Å². The number of fused-ring (bicyclic) bond motifs is 3. The molecule has 4 aromatic carbocycles. The lowest BCUT2D eigenvalue weighted by molar-refractivity contribution is 1.18. The molecule has 0 radical (unpaired) electrons. The summed E-state index contributed by atoms with van der Waals surface area (Å²) in [7, 11) is 0. The van der Waals surface area contributed by atoms with Gasteiger partial charge in [0.15, 0.2) is 0 Å². The molecule has 0 aliphatic rings. The van der Waals surface area contributed by atoms with Crippen molar-refractivity contribution >= 4 is 39.1 Å². The van der Waals surface area contributed by atoms with Crippen molar-refractivity contribution in [1.29, 1.82) is 0 Å². The van der Waals surface area contributed by atoms with Crippen LogP contribution in [0.5, 0.6) is 0 Å². The van der Waals surface area contributed by atoms with E-state index in [2.05, 4.69) is 59.2 Å². The lowest BCUT2D eigenvalue weighted by atomic mass is 10.0. The standard InChI is InChI=1S/C24H17ClN2/c25-20-10-6-12-23-24(20)19-15-16(18-9-4-5-11-21(18)26)13-14-22(19)27(23)17-7-2-1-3-8-17/h1-15H,26H2. The molecule has 0 unspecified atom stereocenters. The van der Waals surface area contributed by atoms with Crippen molar-refractivity contribution in [2.24, 2.45) is 0 Å². The number of rotatable bonds is 2. The maximum absolute atomic E-state index is 6.63. The summed E-state index contributed by atoms with van der Waals surface area (Å²) in [5.41, 5.74) is 12.4. The minimum absolute atomic E-state index is 0.755. The van der Waals surface area contributed by atoms with Gasteiger partial charge in [0.25, 0.3) is 0 Å². The van der Waals surface area contributed by atoms with Gasteiger partial charge in [0.2, 0.25) is 0 Å². The molecular weight excluding hydrogens is 352 g/mol. The second-order valence-electron chi connectivity index (χ2n) is 6.62. The second kappa shape index (κ2) is 6.19. The lowest BCUT2D eigenvalue weighted by Crippen LogP contribution is -1.93. The Morgan fingerprint density at radius 3 is 2.30 bits per heavy atom. The smallest absolute Gasteiger partial charge is 0.0556 e. The normalized spacial score (nSPS) is 11.3. The second-order valence-corrected chi connectivity index (χ2v) is 7.03. The highest BCUT2D eigenvalue weighted by atomic mass is 35.5. The van der Waals surface area contributed by atoms with E-state index < -0.39 is 0 Å². The first-order valence-electron chi connectivity index (χ1n) is 8.87. The third kappa shape index (κ3) is 2.49. The fourth-order valence-electron chi connectivity index (χ4n) is 3.81. The summed E-state index contributed by atoms with van der Waals surface area (Å²) < 4.78 is 2.26. The Kier molecular flexibility index (Phi) is 3.66. The van der Waals surface area contributed by atoms with Crippen molar-refractivity contribution in [3.63, 3.8) is 0 Å². The van der Waals surface area contributed by atoms with Gasteiger partial charge >= 0.3 is 0 Å². The number of aromatic nitrogens is 1. The molecule has 1 heterocycles. The number of benzene rings is 4. The number of hydrogen-bond acceptors (Lipinski definition) is 1. The number of hydrogen-bond donors (Lipinski definition) is 1. The Bertz CT molecular complexity index is 1290. The zero-order valence-electron chi connectivity index (χ0n) is 14.6. The summed E-state index contributed by atoms with van der Waals surface area (Å²) in [5.74, 6) is 0. The van der Waals surface area contributed by atoms with Gasteiger partial charge in [-0.25, -0.2) is 0 Å². The third-order valence-electron chi connectivity index (χ3n) is 5.03. The van der Waals surface area contributed by atoms with Crippen molar-refractivity contribution in [2.75, 3.05) is 5.73 Å². The molecule has 0 bridgehead atoms. The van der Waals surface area contributed by atoms with Gasteiger partial charge in [-0.05, 0) is 48.0 Å². The van der Waals surface area contributed by atoms with Crippen LogP contribution in [0, 0.1) is 0 Å². The van der Waals surface area contributed by atoms with E-state index in [-0.39, 0.29) is 0 Å². The van der Waals surface area contributed by atoms with Gasteiger partial charge in [0, 0.05) is 27.7 Å². The molecule has 3 heteroatoms. The largest absolute Gasteiger partial charge is 0.398 e. The zero-order chi connectivity index (χ0) is 18.4. The predicted octanol–water partition coefficient (Wildman–Crippen LogP) is 6.69. The molecule has 0 spiro atoms. The van der Waals surface area contributed by atoms with Crippen LogP contribution in [0.4, 0.5) is 5.69 Å². The highest BCUT2D eigenvalue weighted by molar-refractivity contribution is 6.38. The van der Waals surface area contributed by atoms with Gasteiger partial charge in [0.05, 0.1) is 16.1 Å². The van der Waals surface area contributed by atoms with E-state index >= 15 is 0 Å². The molecule has 0 aliphatic heterocycles. The molecule has 0 aliphatic carbocycles. The van der Waals surface area contributed by atoms with Gasteiger partial charge in [-0.15, -0.1) is 0 Å². The quantitative estimate of drug-likeness (QED) is 0.346. The number of nitrogens with zero attached hydrogens (tertiary/aromatic N) is 1. The Morgan fingerprint density at radius 1 is 0.704 bits per heavy atom. The molecular formula is C24H17ClN2. The molecule has 0 fully saturated rings. The number of halogens is 1. The fourth-order valence-corrected chi connectivity index (χ4v) is 4.08. The maximum atomic E-state index is 6.63. The Labute approximate surface area is 162 Å². The van der Waals surface area contributed by atoms with Crippen molar-refractivity contribution in [2.45, 2.75) is 0 Å². The van der Waals surface area contributed by atoms with Gasteiger partial charge in [-0.3, -0.25) is 0 Å². The van der Waals surface area contributed by atoms with Crippen molar-refractivity contribution < 1.29 is 0 Å². The van der Waals surface area contributed by atoms with E-state index in [4.69, 9.17) is 17.3 Å². The molecule has 0 saturated carbocycles. The number of nitrogens with two attached hydrogens (primary N) is 1. The van der Waals surface area contributed by atoms with Crippen LogP contribution in [0.3, 0.4) is 0 Å². The summed E-state index contributed by atoms with van der Waals surface area (Å²) in [4.78, 5) is 0. The van der Waals surface area contributed by atoms with Crippen molar-refractivity contribution in [1.82, 2.24) is 4.57 Å². The van der Waals surface area contributed by atoms with Gasteiger partial charge in [0.1, 0.15) is 0 Å². The van der Waals surface area contributed by atoms with Crippen LogP contribution in [-0.4, -0.2) is 4.57 Å². The van der Waals surface area contributed by atoms with Crippen molar-refractivity contribution in [3.8, 4) is 16.8 Å². The number of anilines is 1. The Balaban J connectivity index is 1.89. The summed E-state index contributed by atoms with van der Waals surface area (Å²) in [6.45, 7) is 0. The first-order valence-corrected chi connectivity index (χ1v) is 9.25. The molecule has 2 nitrogen and oxygen atoms in total. The number of para-hydroxylation sites is 2. The Morgan fingerprint density at radius 2 is 1.48 bits per heavy atom. The van der Waals surface area contributed by atoms with E-state index in [1.165, 1.54) is 0 Å². The van der Waals surface area contributed by atoms with Gasteiger partial charge in [-0.1, -0.05) is 60.1 Å². The van der Waals surface area contributed by atoms with Crippen LogP contribution in [0.1, 0.15) is 0 Å². The highest BCUT2D eigenvalue weighted by Gasteiger charge is 2.15. The molecule has 5 rings (SSSR count). The molecule has 2 N–H and O–H groups in total. The SMILES string of the molecule is Nc1ccccc1-c1ccc2c(c1)c1c(Cl)cccc1n2-c1ccccc1. The minimum Gasteiger partial charge on any atom is -0.398 e. The van der Waals surface area contributed by atoms with Gasteiger partial charge < -0.3 is 10.3 Å².